The molecule has 1 aromatic heterocycles. The van der Waals surface area contributed by atoms with Crippen LogP contribution >= 0.6 is 11.6 Å². The van der Waals surface area contributed by atoms with E-state index in [1.807, 2.05) is 0 Å². The Balaban J connectivity index is 1.72. The lowest BCUT2D eigenvalue weighted by molar-refractivity contribution is 0.106. The summed E-state index contributed by atoms with van der Waals surface area (Å²) in [5, 5.41) is 10.9. The minimum atomic E-state index is -0.746. The molecule has 0 unspecified atom stereocenters. The van der Waals surface area contributed by atoms with Crippen molar-refractivity contribution in [2.24, 2.45) is 5.92 Å². The minimum absolute atomic E-state index is 0.0142. The van der Waals surface area contributed by atoms with E-state index >= 15 is 4.39 Å². The van der Waals surface area contributed by atoms with Gasteiger partial charge in [0, 0.05) is 48.6 Å². The molecule has 2 atom stereocenters. The molecule has 3 heterocycles. The van der Waals surface area contributed by atoms with Crippen molar-refractivity contribution < 1.29 is 13.9 Å². The van der Waals surface area contributed by atoms with Crippen LogP contribution in [0.1, 0.15) is 52.3 Å². The third kappa shape index (κ3) is 4.23. The van der Waals surface area contributed by atoms with Gasteiger partial charge in [-0.25, -0.2) is 18.7 Å². The summed E-state index contributed by atoms with van der Waals surface area (Å²) in [6.45, 7) is 11.1. The third-order valence-electron chi connectivity index (χ3n) is 7.52. The molecule has 0 radical (unpaired) electrons. The van der Waals surface area contributed by atoms with Crippen LogP contribution in [0, 0.1) is 17.6 Å². The fourth-order valence-corrected chi connectivity index (χ4v) is 5.56. The van der Waals surface area contributed by atoms with E-state index in [1.54, 1.807) is 6.07 Å². The lowest BCUT2D eigenvalue weighted by atomic mass is 9.93. The number of phenols is 1. The molecule has 0 bridgehead atoms. The maximum Gasteiger partial charge on any atom is 0.159 e. The number of hydrogen-bond donors (Lipinski definition) is 1. The van der Waals surface area contributed by atoms with Crippen molar-refractivity contribution in [1.82, 2.24) is 14.9 Å². The maximum absolute atomic E-state index is 16.2. The highest BCUT2D eigenvalue weighted by atomic mass is 35.5. The number of nitrogens with zero attached hydrogens (tertiary/aromatic N) is 4. The van der Waals surface area contributed by atoms with Crippen molar-refractivity contribution >= 4 is 28.3 Å². The Hall–Kier alpha value is -2.51. The van der Waals surface area contributed by atoms with Gasteiger partial charge in [-0.1, -0.05) is 24.6 Å². The molecule has 3 aromatic rings. The minimum Gasteiger partial charge on any atom is -0.507 e. The normalized spacial score (nSPS) is 21.7. The van der Waals surface area contributed by atoms with E-state index in [1.165, 1.54) is 18.2 Å². The number of rotatable bonds is 4. The summed E-state index contributed by atoms with van der Waals surface area (Å²) in [5.74, 6) is -0.00456. The van der Waals surface area contributed by atoms with Gasteiger partial charge in [0.15, 0.2) is 5.82 Å². The van der Waals surface area contributed by atoms with Crippen LogP contribution in [-0.4, -0.2) is 51.7 Å². The van der Waals surface area contributed by atoms with Gasteiger partial charge in [-0.2, -0.15) is 0 Å². The highest BCUT2D eigenvalue weighted by Crippen LogP contribution is 2.43. The molecule has 2 saturated heterocycles. The van der Waals surface area contributed by atoms with E-state index in [4.69, 9.17) is 16.6 Å². The molecule has 0 amide bonds. The quantitative estimate of drug-likeness (QED) is 0.451. The Morgan fingerprint density at radius 1 is 1.06 bits per heavy atom. The topological polar surface area (TPSA) is 52.5 Å². The molecule has 8 heteroatoms. The van der Waals surface area contributed by atoms with Crippen LogP contribution in [0.4, 0.5) is 14.6 Å². The van der Waals surface area contributed by atoms with Crippen molar-refractivity contribution in [2.75, 3.05) is 24.5 Å². The molecule has 0 aliphatic carbocycles. The number of anilines is 1. The Morgan fingerprint density at radius 2 is 1.80 bits per heavy atom. The number of benzene rings is 2. The Labute approximate surface area is 209 Å². The molecule has 5 rings (SSSR count). The zero-order chi connectivity index (χ0) is 25.0. The fraction of sp³-hybridized carbons (Fsp3) is 0.481. The SMILES string of the molecule is CC(C)N1CC(c2nc(N3C[C@@H](C)CC[C@@H]3C)c3cc(Cl)c(-c4c(O)cccc4F)c(F)c3n2)C1. The molecule has 5 nitrogen and oxygen atoms in total. The van der Waals surface area contributed by atoms with Gasteiger partial charge >= 0.3 is 0 Å². The number of phenolic OH excluding ortho intramolecular Hbond substituents is 1. The monoisotopic (exact) mass is 500 g/mol. The third-order valence-corrected chi connectivity index (χ3v) is 7.81. The zero-order valence-corrected chi connectivity index (χ0v) is 21.3. The Morgan fingerprint density at radius 3 is 2.49 bits per heavy atom. The zero-order valence-electron chi connectivity index (χ0n) is 20.5. The van der Waals surface area contributed by atoms with Crippen molar-refractivity contribution in [2.45, 2.75) is 58.5 Å². The van der Waals surface area contributed by atoms with Crippen molar-refractivity contribution in [3.05, 3.63) is 46.7 Å². The number of hydrogen-bond acceptors (Lipinski definition) is 5. The summed E-state index contributed by atoms with van der Waals surface area (Å²) in [7, 11) is 0. The van der Waals surface area contributed by atoms with Gasteiger partial charge in [-0.05, 0) is 57.7 Å². The number of piperidine rings is 1. The summed E-state index contributed by atoms with van der Waals surface area (Å²) in [5.41, 5.74) is -0.323. The summed E-state index contributed by atoms with van der Waals surface area (Å²) in [6.07, 6.45) is 2.15. The number of halogens is 3. The van der Waals surface area contributed by atoms with Crippen LogP contribution in [-0.2, 0) is 0 Å². The van der Waals surface area contributed by atoms with Crippen LogP contribution in [0.25, 0.3) is 22.0 Å². The van der Waals surface area contributed by atoms with Gasteiger partial charge in [-0.3, -0.25) is 4.90 Å². The highest BCUT2D eigenvalue weighted by Gasteiger charge is 2.35. The fourth-order valence-electron chi connectivity index (χ4n) is 5.27. The molecule has 35 heavy (non-hydrogen) atoms. The van der Waals surface area contributed by atoms with Gasteiger partial charge in [0.05, 0.1) is 10.6 Å². The molecular weight excluding hydrogens is 470 g/mol. The molecule has 0 saturated carbocycles. The predicted octanol–water partition coefficient (Wildman–Crippen LogP) is 6.37. The number of aromatic nitrogens is 2. The van der Waals surface area contributed by atoms with E-state index in [0.29, 0.717) is 29.0 Å². The maximum atomic E-state index is 16.2. The summed E-state index contributed by atoms with van der Waals surface area (Å²) in [4.78, 5) is 14.2. The van der Waals surface area contributed by atoms with E-state index in [9.17, 15) is 9.50 Å². The number of aromatic hydroxyl groups is 1. The van der Waals surface area contributed by atoms with Crippen molar-refractivity contribution in [1.29, 1.82) is 0 Å². The molecular formula is C27H31ClF2N4O. The number of fused-ring (bicyclic) bond motifs is 1. The lowest BCUT2D eigenvalue weighted by Gasteiger charge is -2.42. The molecule has 2 aliphatic rings. The number of likely N-dealkylation sites (tertiary alicyclic amines) is 1. The summed E-state index contributed by atoms with van der Waals surface area (Å²) < 4.78 is 30.9. The molecule has 1 N–H and O–H groups in total. The largest absolute Gasteiger partial charge is 0.507 e. The summed E-state index contributed by atoms with van der Waals surface area (Å²) in [6, 6.07) is 6.14. The second-order valence-corrected chi connectivity index (χ2v) is 10.8. The lowest BCUT2D eigenvalue weighted by Crippen LogP contribution is -2.49. The second kappa shape index (κ2) is 9.17. The second-order valence-electron chi connectivity index (χ2n) is 10.4. The average Bonchev–Trinajstić information content (AvgIpc) is 2.76. The van der Waals surface area contributed by atoms with Gasteiger partial charge in [-0.15, -0.1) is 0 Å². The van der Waals surface area contributed by atoms with E-state index < -0.39 is 11.6 Å². The van der Waals surface area contributed by atoms with Crippen molar-refractivity contribution in [3.63, 3.8) is 0 Å². The average molecular weight is 501 g/mol. The van der Waals surface area contributed by atoms with Crippen LogP contribution in [0.5, 0.6) is 5.75 Å². The van der Waals surface area contributed by atoms with Crippen LogP contribution in [0.15, 0.2) is 24.3 Å². The summed E-state index contributed by atoms with van der Waals surface area (Å²) >= 11 is 6.56. The molecule has 2 fully saturated rings. The van der Waals surface area contributed by atoms with Crippen LogP contribution in [0.3, 0.4) is 0 Å². The first-order valence-electron chi connectivity index (χ1n) is 12.3. The first-order chi connectivity index (χ1) is 16.7. The highest BCUT2D eigenvalue weighted by molar-refractivity contribution is 6.34. The van der Waals surface area contributed by atoms with Gasteiger partial charge in [0.2, 0.25) is 0 Å². The van der Waals surface area contributed by atoms with E-state index in [-0.39, 0.29) is 39.4 Å². The first-order valence-corrected chi connectivity index (χ1v) is 12.7. The Kier molecular flexibility index (Phi) is 6.34. The standard InChI is InChI=1S/C27H31ClF2N4O/c1-14(2)33-12-17(13-33)26-31-25-18(27(32-26)34-11-15(3)8-9-16(34)4)10-19(28)22(24(25)30)23-20(29)6-5-7-21(23)35/h5-7,10,14-17,35H,8-9,11-13H2,1-4H3/t15-,16-/m0/s1. The van der Waals surface area contributed by atoms with Gasteiger partial charge in [0.1, 0.15) is 28.7 Å². The predicted molar refractivity (Wildman–Crippen MR) is 136 cm³/mol. The van der Waals surface area contributed by atoms with E-state index in [2.05, 4.69) is 42.5 Å². The molecule has 0 spiro atoms. The van der Waals surface area contributed by atoms with Gasteiger partial charge in [0.25, 0.3) is 0 Å². The smallest absolute Gasteiger partial charge is 0.159 e. The van der Waals surface area contributed by atoms with Crippen LogP contribution in [0.2, 0.25) is 5.02 Å². The molecule has 2 aliphatic heterocycles. The molecule has 2 aromatic carbocycles. The van der Waals surface area contributed by atoms with E-state index in [0.717, 1.165) is 32.5 Å². The first kappa shape index (κ1) is 24.2. The Bertz CT molecular complexity index is 1260. The van der Waals surface area contributed by atoms with Crippen molar-refractivity contribution in [3.8, 4) is 16.9 Å². The van der Waals surface area contributed by atoms with Crippen LogP contribution < -0.4 is 4.90 Å². The van der Waals surface area contributed by atoms with Gasteiger partial charge < -0.3 is 10.0 Å². The molecule has 186 valence electrons.